The maximum atomic E-state index is 12.1. The zero-order chi connectivity index (χ0) is 16.8. The molecule has 2 aromatic rings. The van der Waals surface area contributed by atoms with Crippen LogP contribution in [0.5, 0.6) is 0 Å². The van der Waals surface area contributed by atoms with Crippen molar-refractivity contribution in [3.63, 3.8) is 0 Å². The number of aromatic amines is 1. The molecule has 0 aliphatic carbocycles. The van der Waals surface area contributed by atoms with Crippen LogP contribution in [0.15, 0.2) is 29.1 Å². The number of benzene rings is 1. The van der Waals surface area contributed by atoms with Crippen LogP contribution in [0.4, 0.5) is 0 Å². The first-order chi connectivity index (χ1) is 11.0. The number of amides is 1. The summed E-state index contributed by atoms with van der Waals surface area (Å²) in [6.45, 7) is 0. The summed E-state index contributed by atoms with van der Waals surface area (Å²) in [5.74, 6) is -0.869. The Morgan fingerprint density at radius 1 is 1.35 bits per heavy atom. The second-order valence-electron chi connectivity index (χ2n) is 4.96. The van der Waals surface area contributed by atoms with Crippen molar-refractivity contribution in [2.24, 2.45) is 0 Å². The highest BCUT2D eigenvalue weighted by molar-refractivity contribution is 7.98. The molecule has 0 unspecified atom stereocenters. The van der Waals surface area contributed by atoms with E-state index in [1.54, 1.807) is 24.3 Å². The molecule has 2 rings (SSSR count). The zero-order valence-corrected chi connectivity index (χ0v) is 13.4. The van der Waals surface area contributed by atoms with Crippen molar-refractivity contribution in [1.82, 2.24) is 15.5 Å². The number of nitrogens with zero attached hydrogens (tertiary/aromatic N) is 1. The average molecular weight is 335 g/mol. The second kappa shape index (κ2) is 7.77. The maximum Gasteiger partial charge on any atom is 0.326 e. The number of fused-ring (bicyclic) bond motifs is 1. The summed E-state index contributed by atoms with van der Waals surface area (Å²) in [5.41, 5.74) is 0.0832. The standard InChI is InChI=1S/C15H17N3O4S/c1-23-7-6-11(15(21)22)16-13(19)8-12-9-4-2-3-5-10(9)14(20)18-17-12/h2-5,11H,6-8H2,1H3,(H,16,19)(H,18,20)(H,21,22)/t11-/m1/s1. The van der Waals surface area contributed by atoms with E-state index in [2.05, 4.69) is 15.5 Å². The van der Waals surface area contributed by atoms with Gasteiger partial charge in [0.05, 0.1) is 17.5 Å². The van der Waals surface area contributed by atoms with Gasteiger partial charge in [0.1, 0.15) is 6.04 Å². The van der Waals surface area contributed by atoms with Gasteiger partial charge in [-0.25, -0.2) is 9.89 Å². The third kappa shape index (κ3) is 4.32. The van der Waals surface area contributed by atoms with Gasteiger partial charge in [0, 0.05) is 5.39 Å². The van der Waals surface area contributed by atoms with Gasteiger partial charge in [0.25, 0.3) is 5.56 Å². The molecule has 1 heterocycles. The molecule has 0 aliphatic heterocycles. The molecule has 1 amide bonds. The number of carboxylic acids is 1. The number of H-pyrrole nitrogens is 1. The van der Waals surface area contributed by atoms with E-state index in [0.29, 0.717) is 28.6 Å². The van der Waals surface area contributed by atoms with E-state index < -0.39 is 17.9 Å². The van der Waals surface area contributed by atoms with Crippen LogP contribution in [0.25, 0.3) is 10.8 Å². The minimum atomic E-state index is -1.06. The molecule has 0 spiro atoms. The SMILES string of the molecule is CSCC[C@@H](NC(=O)Cc1n[nH]c(=O)c2ccccc12)C(=O)O. The fourth-order valence-electron chi connectivity index (χ4n) is 2.20. The lowest BCUT2D eigenvalue weighted by Crippen LogP contribution is -2.42. The number of thioether (sulfide) groups is 1. The summed E-state index contributed by atoms with van der Waals surface area (Å²) in [6, 6.07) is 5.91. The van der Waals surface area contributed by atoms with Crippen molar-refractivity contribution in [1.29, 1.82) is 0 Å². The van der Waals surface area contributed by atoms with E-state index in [4.69, 9.17) is 5.11 Å². The third-order valence-electron chi connectivity index (χ3n) is 3.35. The Balaban J connectivity index is 2.16. The topological polar surface area (TPSA) is 112 Å². The number of carboxylic acid groups (broad SMARTS) is 1. The summed E-state index contributed by atoms with van der Waals surface area (Å²) >= 11 is 1.52. The molecule has 0 aliphatic rings. The predicted molar refractivity (Wildman–Crippen MR) is 88.6 cm³/mol. The molecule has 7 nitrogen and oxygen atoms in total. The van der Waals surface area contributed by atoms with Gasteiger partial charge in [-0.2, -0.15) is 16.9 Å². The molecule has 8 heteroatoms. The molecule has 122 valence electrons. The quantitative estimate of drug-likeness (QED) is 0.689. The lowest BCUT2D eigenvalue weighted by molar-refractivity contribution is -0.141. The van der Waals surface area contributed by atoms with Gasteiger partial charge in [0.15, 0.2) is 0 Å². The van der Waals surface area contributed by atoms with E-state index in [-0.39, 0.29) is 12.0 Å². The summed E-state index contributed by atoms with van der Waals surface area (Å²) in [4.78, 5) is 35.0. The fraction of sp³-hybridized carbons (Fsp3) is 0.333. The molecule has 1 aromatic carbocycles. The monoisotopic (exact) mass is 335 g/mol. The smallest absolute Gasteiger partial charge is 0.326 e. The van der Waals surface area contributed by atoms with Crippen LogP contribution in [0.3, 0.4) is 0 Å². The number of hydrogen-bond donors (Lipinski definition) is 3. The van der Waals surface area contributed by atoms with Crippen LogP contribution < -0.4 is 10.9 Å². The number of hydrogen-bond acceptors (Lipinski definition) is 5. The van der Waals surface area contributed by atoms with E-state index in [9.17, 15) is 14.4 Å². The summed E-state index contributed by atoms with van der Waals surface area (Å²) in [7, 11) is 0. The van der Waals surface area contributed by atoms with Crippen molar-refractivity contribution >= 4 is 34.4 Å². The van der Waals surface area contributed by atoms with Gasteiger partial charge >= 0.3 is 5.97 Å². The maximum absolute atomic E-state index is 12.1. The first-order valence-corrected chi connectivity index (χ1v) is 8.39. The van der Waals surface area contributed by atoms with Crippen molar-refractivity contribution in [2.75, 3.05) is 12.0 Å². The molecule has 23 heavy (non-hydrogen) atoms. The van der Waals surface area contributed by atoms with E-state index in [1.807, 2.05) is 6.26 Å². The highest BCUT2D eigenvalue weighted by atomic mass is 32.2. The Morgan fingerprint density at radius 3 is 2.70 bits per heavy atom. The highest BCUT2D eigenvalue weighted by Gasteiger charge is 2.20. The molecule has 0 saturated carbocycles. The van der Waals surface area contributed by atoms with Crippen molar-refractivity contribution in [3.05, 3.63) is 40.3 Å². The van der Waals surface area contributed by atoms with Crippen LogP contribution in [0, 0.1) is 0 Å². The van der Waals surface area contributed by atoms with E-state index >= 15 is 0 Å². The Morgan fingerprint density at radius 2 is 2.04 bits per heavy atom. The Bertz CT molecular complexity index is 775. The van der Waals surface area contributed by atoms with Gasteiger partial charge in [-0.15, -0.1) is 0 Å². The summed E-state index contributed by atoms with van der Waals surface area (Å²) in [5, 5.41) is 18.9. The summed E-state index contributed by atoms with van der Waals surface area (Å²) < 4.78 is 0. The van der Waals surface area contributed by atoms with Gasteiger partial charge in [-0.3, -0.25) is 9.59 Å². The van der Waals surface area contributed by atoms with Crippen LogP contribution >= 0.6 is 11.8 Å². The first-order valence-electron chi connectivity index (χ1n) is 7.00. The van der Waals surface area contributed by atoms with Crippen LogP contribution in [-0.4, -0.2) is 45.2 Å². The lowest BCUT2D eigenvalue weighted by atomic mass is 10.1. The van der Waals surface area contributed by atoms with Gasteiger partial charge in [-0.05, 0) is 24.5 Å². The summed E-state index contributed by atoms with van der Waals surface area (Å²) in [6.07, 6.45) is 2.12. The fourth-order valence-corrected chi connectivity index (χ4v) is 2.67. The number of rotatable bonds is 7. The molecule has 0 fully saturated rings. The Kier molecular flexibility index (Phi) is 5.75. The highest BCUT2D eigenvalue weighted by Crippen LogP contribution is 2.13. The van der Waals surface area contributed by atoms with E-state index in [1.165, 1.54) is 11.8 Å². The molecule has 1 aromatic heterocycles. The average Bonchev–Trinajstić information content (AvgIpc) is 2.54. The predicted octanol–water partition coefficient (Wildman–Crippen LogP) is 0.788. The number of nitrogens with one attached hydrogen (secondary N) is 2. The van der Waals surface area contributed by atoms with Crippen molar-refractivity contribution < 1.29 is 14.7 Å². The molecule has 0 radical (unpaired) electrons. The van der Waals surface area contributed by atoms with Crippen LogP contribution in [-0.2, 0) is 16.0 Å². The molecule has 1 atom stereocenters. The number of aliphatic carboxylic acids is 1. The zero-order valence-electron chi connectivity index (χ0n) is 12.5. The molecule has 0 saturated heterocycles. The van der Waals surface area contributed by atoms with Gasteiger partial charge < -0.3 is 10.4 Å². The number of carbonyl (C=O) groups excluding carboxylic acids is 1. The molecule has 0 bridgehead atoms. The first kappa shape index (κ1) is 17.0. The minimum Gasteiger partial charge on any atom is -0.480 e. The van der Waals surface area contributed by atoms with Crippen LogP contribution in [0.1, 0.15) is 12.1 Å². The van der Waals surface area contributed by atoms with Gasteiger partial charge in [-0.1, -0.05) is 18.2 Å². The van der Waals surface area contributed by atoms with E-state index in [0.717, 1.165) is 0 Å². The molecular formula is C15H17N3O4S. The third-order valence-corrected chi connectivity index (χ3v) is 3.99. The van der Waals surface area contributed by atoms with Crippen molar-refractivity contribution in [2.45, 2.75) is 18.9 Å². The lowest BCUT2D eigenvalue weighted by Gasteiger charge is -2.14. The largest absolute Gasteiger partial charge is 0.480 e. The number of aromatic nitrogens is 2. The van der Waals surface area contributed by atoms with Gasteiger partial charge in [0.2, 0.25) is 5.91 Å². The minimum absolute atomic E-state index is 0.0969. The van der Waals surface area contributed by atoms with Crippen molar-refractivity contribution in [3.8, 4) is 0 Å². The van der Waals surface area contributed by atoms with Crippen LogP contribution in [0.2, 0.25) is 0 Å². The molecule has 3 N–H and O–H groups in total. The Labute approximate surface area is 136 Å². The second-order valence-corrected chi connectivity index (χ2v) is 5.95. The number of carbonyl (C=O) groups is 2. The molecular weight excluding hydrogens is 318 g/mol. The normalized spacial score (nSPS) is 12.0. The Hall–Kier alpha value is -2.35.